The minimum atomic E-state index is 0. The van der Waals surface area contributed by atoms with Crippen molar-refractivity contribution in [2.75, 3.05) is 6.54 Å². The van der Waals surface area contributed by atoms with Gasteiger partial charge >= 0.3 is 0 Å². The van der Waals surface area contributed by atoms with E-state index in [9.17, 15) is 4.79 Å². The van der Waals surface area contributed by atoms with Crippen LogP contribution in [-0.4, -0.2) is 12.5 Å². The highest BCUT2D eigenvalue weighted by Gasteiger charge is 2.39. The van der Waals surface area contributed by atoms with E-state index in [1.807, 2.05) is 12.1 Å². The summed E-state index contributed by atoms with van der Waals surface area (Å²) in [6, 6.07) is 6.09. The van der Waals surface area contributed by atoms with Crippen LogP contribution in [0.15, 0.2) is 18.2 Å². The van der Waals surface area contributed by atoms with E-state index in [0.717, 1.165) is 43.0 Å². The maximum Gasteiger partial charge on any atom is 0.251 e. The van der Waals surface area contributed by atoms with Gasteiger partial charge in [-0.2, -0.15) is 0 Å². The molecule has 0 aromatic heterocycles. The number of hydrogen-bond acceptors (Lipinski definition) is 2. The number of carbonyl (C=O) groups is 1. The Morgan fingerprint density at radius 3 is 2.81 bits per heavy atom. The maximum atomic E-state index is 12.3. The van der Waals surface area contributed by atoms with Gasteiger partial charge < -0.3 is 10.6 Å². The fourth-order valence-corrected chi connectivity index (χ4v) is 4.39. The van der Waals surface area contributed by atoms with Gasteiger partial charge in [-0.25, -0.2) is 0 Å². The lowest BCUT2D eigenvalue weighted by atomic mass is 9.89. The molecule has 4 rings (SSSR count). The van der Waals surface area contributed by atoms with Crippen molar-refractivity contribution in [3.63, 3.8) is 0 Å². The number of rotatable bonds is 3. The smallest absolute Gasteiger partial charge is 0.251 e. The van der Waals surface area contributed by atoms with Crippen molar-refractivity contribution in [2.45, 2.75) is 38.8 Å². The van der Waals surface area contributed by atoms with Crippen molar-refractivity contribution in [1.82, 2.24) is 10.6 Å². The summed E-state index contributed by atoms with van der Waals surface area (Å²) in [5, 5.41) is 6.47. The molecule has 1 aromatic rings. The predicted molar refractivity (Wildman–Crippen MR) is 85.5 cm³/mol. The molecule has 2 fully saturated rings. The van der Waals surface area contributed by atoms with Gasteiger partial charge in [-0.15, -0.1) is 12.4 Å². The van der Waals surface area contributed by atoms with Crippen molar-refractivity contribution in [1.29, 1.82) is 0 Å². The van der Waals surface area contributed by atoms with Gasteiger partial charge in [0.25, 0.3) is 5.91 Å². The summed E-state index contributed by atoms with van der Waals surface area (Å²) in [4.78, 5) is 12.3. The van der Waals surface area contributed by atoms with E-state index < -0.39 is 0 Å². The van der Waals surface area contributed by atoms with Gasteiger partial charge in [0, 0.05) is 25.2 Å². The fourth-order valence-electron chi connectivity index (χ4n) is 4.39. The summed E-state index contributed by atoms with van der Waals surface area (Å²) in [6.45, 7) is 2.69. The number of benzene rings is 1. The van der Waals surface area contributed by atoms with E-state index in [-0.39, 0.29) is 18.3 Å². The van der Waals surface area contributed by atoms with Gasteiger partial charge in [-0.1, -0.05) is 12.5 Å². The Balaban J connectivity index is 0.00000132. The Hall–Kier alpha value is -1.06. The van der Waals surface area contributed by atoms with Gasteiger partial charge in [0.05, 0.1) is 0 Å². The summed E-state index contributed by atoms with van der Waals surface area (Å²) in [6.07, 6.45) is 5.55. The molecule has 0 saturated heterocycles. The van der Waals surface area contributed by atoms with Crippen LogP contribution in [0.5, 0.6) is 0 Å². The van der Waals surface area contributed by atoms with E-state index in [1.165, 1.54) is 36.8 Å². The monoisotopic (exact) mass is 306 g/mol. The number of nitrogens with one attached hydrogen (secondary N) is 2. The molecule has 1 aliphatic heterocycles. The summed E-state index contributed by atoms with van der Waals surface area (Å²) in [7, 11) is 0. The number of halogens is 1. The van der Waals surface area contributed by atoms with Crippen LogP contribution in [0.1, 0.15) is 47.2 Å². The summed E-state index contributed by atoms with van der Waals surface area (Å²) in [5.74, 6) is 2.66. The first-order valence-electron chi connectivity index (χ1n) is 7.90. The molecule has 2 saturated carbocycles. The zero-order valence-electron chi connectivity index (χ0n) is 12.2. The highest BCUT2D eigenvalue weighted by molar-refractivity contribution is 5.94. The second-order valence-electron chi connectivity index (χ2n) is 6.73. The molecule has 3 aliphatic rings. The standard InChI is InChI=1S/C17H22N2O.ClH/c20-17(13-3-4-14-8-18-9-16(14)7-13)19-10-15-6-11-1-2-12(15)5-11;/h3-4,7,11-12,15,18H,1-2,5-6,8-10H2,(H,19,20);1H. The first kappa shape index (κ1) is 14.9. The van der Waals surface area contributed by atoms with Crippen LogP contribution >= 0.6 is 12.4 Å². The molecule has 3 unspecified atom stereocenters. The number of fused-ring (bicyclic) bond motifs is 3. The van der Waals surface area contributed by atoms with Crippen molar-refractivity contribution < 1.29 is 4.79 Å². The van der Waals surface area contributed by atoms with Gasteiger partial charge in [-0.05, 0) is 60.3 Å². The average molecular weight is 307 g/mol. The Kier molecular flexibility index (Phi) is 4.23. The molecular weight excluding hydrogens is 284 g/mol. The third kappa shape index (κ3) is 2.82. The Bertz CT molecular complexity index is 546. The number of amides is 1. The number of carbonyl (C=O) groups excluding carboxylic acids is 1. The molecular formula is C17H23ClN2O. The molecule has 2 N–H and O–H groups in total. The molecule has 4 heteroatoms. The molecule has 2 bridgehead atoms. The summed E-state index contributed by atoms with van der Waals surface area (Å²) < 4.78 is 0. The van der Waals surface area contributed by atoms with E-state index in [1.54, 1.807) is 0 Å². The molecule has 2 aliphatic carbocycles. The van der Waals surface area contributed by atoms with Crippen LogP contribution in [-0.2, 0) is 13.1 Å². The zero-order chi connectivity index (χ0) is 13.5. The molecule has 1 amide bonds. The van der Waals surface area contributed by atoms with Crippen molar-refractivity contribution >= 4 is 18.3 Å². The Morgan fingerprint density at radius 1 is 1.19 bits per heavy atom. The van der Waals surface area contributed by atoms with Crippen LogP contribution in [0.4, 0.5) is 0 Å². The summed E-state index contributed by atoms with van der Waals surface area (Å²) >= 11 is 0. The van der Waals surface area contributed by atoms with Crippen LogP contribution < -0.4 is 10.6 Å². The first-order chi connectivity index (χ1) is 9.79. The SMILES string of the molecule is Cl.O=C(NCC1CC2CCC1C2)c1ccc2c(c1)CNC2. The zero-order valence-corrected chi connectivity index (χ0v) is 13.0. The van der Waals surface area contributed by atoms with Crippen molar-refractivity contribution in [2.24, 2.45) is 17.8 Å². The van der Waals surface area contributed by atoms with Crippen LogP contribution in [0.25, 0.3) is 0 Å². The lowest BCUT2D eigenvalue weighted by Gasteiger charge is -2.21. The maximum absolute atomic E-state index is 12.3. The van der Waals surface area contributed by atoms with Gasteiger partial charge in [0.15, 0.2) is 0 Å². The third-order valence-electron chi connectivity index (χ3n) is 5.51. The second kappa shape index (κ2) is 5.98. The van der Waals surface area contributed by atoms with E-state index in [2.05, 4.69) is 16.7 Å². The summed E-state index contributed by atoms with van der Waals surface area (Å²) in [5.41, 5.74) is 3.42. The fraction of sp³-hybridized carbons (Fsp3) is 0.588. The third-order valence-corrected chi connectivity index (χ3v) is 5.51. The number of hydrogen-bond donors (Lipinski definition) is 2. The minimum absolute atomic E-state index is 0. The van der Waals surface area contributed by atoms with Crippen LogP contribution in [0, 0.1) is 17.8 Å². The highest BCUT2D eigenvalue weighted by Crippen LogP contribution is 2.47. The highest BCUT2D eigenvalue weighted by atomic mass is 35.5. The van der Waals surface area contributed by atoms with Crippen LogP contribution in [0.2, 0.25) is 0 Å². The van der Waals surface area contributed by atoms with Gasteiger partial charge in [0.1, 0.15) is 0 Å². The van der Waals surface area contributed by atoms with Crippen LogP contribution in [0.3, 0.4) is 0 Å². The topological polar surface area (TPSA) is 41.1 Å². The largest absolute Gasteiger partial charge is 0.352 e. The Labute approximate surface area is 132 Å². The second-order valence-corrected chi connectivity index (χ2v) is 6.73. The lowest BCUT2D eigenvalue weighted by molar-refractivity contribution is 0.0941. The molecule has 114 valence electrons. The molecule has 21 heavy (non-hydrogen) atoms. The van der Waals surface area contributed by atoms with Crippen molar-refractivity contribution in [3.05, 3.63) is 34.9 Å². The Morgan fingerprint density at radius 2 is 2.05 bits per heavy atom. The van der Waals surface area contributed by atoms with Crippen molar-refractivity contribution in [3.8, 4) is 0 Å². The molecule has 3 atom stereocenters. The van der Waals surface area contributed by atoms with Gasteiger partial charge in [-0.3, -0.25) is 4.79 Å². The minimum Gasteiger partial charge on any atom is -0.352 e. The molecule has 0 radical (unpaired) electrons. The van der Waals surface area contributed by atoms with E-state index in [0.29, 0.717) is 0 Å². The normalized spacial score (nSPS) is 29.0. The molecule has 1 aromatic carbocycles. The van der Waals surface area contributed by atoms with Gasteiger partial charge in [0.2, 0.25) is 0 Å². The first-order valence-corrected chi connectivity index (χ1v) is 7.90. The van der Waals surface area contributed by atoms with E-state index in [4.69, 9.17) is 0 Å². The molecule has 1 heterocycles. The molecule has 0 spiro atoms. The molecule has 3 nitrogen and oxygen atoms in total. The predicted octanol–water partition coefficient (Wildman–Crippen LogP) is 2.88. The van der Waals surface area contributed by atoms with E-state index >= 15 is 0 Å². The quantitative estimate of drug-likeness (QED) is 0.901. The lowest BCUT2D eigenvalue weighted by Crippen LogP contribution is -2.31. The average Bonchev–Trinajstić information content (AvgIpc) is 3.19.